The molecule has 0 unspecified atom stereocenters. The number of terminal acetylenes is 1. The average molecular weight is 112 g/mol. The van der Waals surface area contributed by atoms with Crippen LogP contribution in [0.2, 0.25) is 0 Å². The molecule has 7 heavy (non-hydrogen) atoms. The van der Waals surface area contributed by atoms with Gasteiger partial charge in [-0.1, -0.05) is 0 Å². The van der Waals surface area contributed by atoms with Gasteiger partial charge in [0, 0.05) is 0 Å². The summed E-state index contributed by atoms with van der Waals surface area (Å²) in [5.74, 6) is 0. The van der Waals surface area contributed by atoms with Gasteiger partial charge in [0.1, 0.15) is 0 Å². The van der Waals surface area contributed by atoms with Gasteiger partial charge in [0.05, 0.1) is 0 Å². The zero-order valence-electron chi connectivity index (χ0n) is 2.96. The van der Waals surface area contributed by atoms with Gasteiger partial charge in [-0.15, -0.1) is 12.8 Å². The van der Waals surface area contributed by atoms with E-state index in [0.29, 0.717) is 0 Å². The van der Waals surface area contributed by atoms with Gasteiger partial charge in [-0.25, -0.2) is 4.79 Å². The van der Waals surface area contributed by atoms with Crippen molar-refractivity contribution in [1.29, 1.82) is 0 Å². The van der Waals surface area contributed by atoms with Crippen LogP contribution in [0.3, 0.4) is 0 Å². The Morgan fingerprint density at radius 1 is 1.29 bits per heavy atom. The van der Waals surface area contributed by atoms with Gasteiger partial charge in [0.15, 0.2) is 0 Å². The molecule has 0 spiro atoms. The minimum atomic E-state index is -1.83. The second kappa shape index (κ2) is 17.0. The Balaban J connectivity index is -0.0000000480. The molecule has 2 N–H and O–H groups in total. The summed E-state index contributed by atoms with van der Waals surface area (Å²) in [5, 5.41) is 13.9. The van der Waals surface area contributed by atoms with E-state index < -0.39 is 6.16 Å². The normalized spacial score (nSPS) is 3.71. The average Bonchev–Trinajstić information content (AvgIpc) is 1.41. The summed E-state index contributed by atoms with van der Waals surface area (Å²) in [5.41, 5.74) is 0. The summed E-state index contributed by atoms with van der Waals surface area (Å²) in [7, 11) is 0. The zero-order valence-corrected chi connectivity index (χ0v) is 2.96. The van der Waals surface area contributed by atoms with Gasteiger partial charge in [-0.3, -0.25) is 0 Å². The van der Waals surface area contributed by atoms with E-state index in [4.69, 9.17) is 15.0 Å². The van der Waals surface area contributed by atoms with Crippen LogP contribution in [-0.4, -0.2) is 45.9 Å². The van der Waals surface area contributed by atoms with Gasteiger partial charge in [-0.05, 0) is 0 Å². The number of rotatable bonds is 0. The third-order valence-electron chi connectivity index (χ3n) is 0. The van der Waals surface area contributed by atoms with E-state index in [1.54, 1.807) is 0 Å². The van der Waals surface area contributed by atoms with E-state index in [9.17, 15) is 0 Å². The SMILES string of the molecule is C#C.O=C(O)O.[NaH]. The van der Waals surface area contributed by atoms with Crippen LogP contribution < -0.4 is 0 Å². The first-order valence-electron chi connectivity index (χ1n) is 0.985. The van der Waals surface area contributed by atoms with Crippen molar-refractivity contribution in [3.05, 3.63) is 0 Å². The minimum absolute atomic E-state index is 0. The summed E-state index contributed by atoms with van der Waals surface area (Å²) in [6.07, 6.45) is 6.17. The molecule has 0 saturated heterocycles. The molecule has 0 aliphatic carbocycles. The topological polar surface area (TPSA) is 57.5 Å². The van der Waals surface area contributed by atoms with Crippen molar-refractivity contribution in [2.45, 2.75) is 0 Å². The van der Waals surface area contributed by atoms with Crippen LogP contribution in [0.15, 0.2) is 0 Å². The number of hydrogen-bond acceptors (Lipinski definition) is 1. The van der Waals surface area contributed by atoms with Crippen LogP contribution in [0.1, 0.15) is 0 Å². The first-order chi connectivity index (χ1) is 2.73. The van der Waals surface area contributed by atoms with Crippen molar-refractivity contribution in [3.63, 3.8) is 0 Å². The van der Waals surface area contributed by atoms with Crippen LogP contribution in [0.5, 0.6) is 0 Å². The Labute approximate surface area is 63.6 Å². The van der Waals surface area contributed by atoms with E-state index in [2.05, 4.69) is 12.8 Å². The molecular formula is C3H5NaO3. The molecule has 0 radical (unpaired) electrons. The van der Waals surface area contributed by atoms with Crippen LogP contribution in [0.25, 0.3) is 0 Å². The van der Waals surface area contributed by atoms with Crippen molar-refractivity contribution in [3.8, 4) is 12.8 Å². The van der Waals surface area contributed by atoms with Gasteiger partial charge in [-0.2, -0.15) is 0 Å². The molecule has 0 heterocycles. The molecule has 36 valence electrons. The van der Waals surface area contributed by atoms with Gasteiger partial charge >= 0.3 is 35.7 Å². The van der Waals surface area contributed by atoms with Crippen molar-refractivity contribution in [1.82, 2.24) is 0 Å². The zero-order chi connectivity index (χ0) is 5.58. The fourth-order valence-electron chi connectivity index (χ4n) is 0. The Morgan fingerprint density at radius 3 is 1.29 bits per heavy atom. The van der Waals surface area contributed by atoms with Crippen LogP contribution in [0, 0.1) is 12.8 Å². The molecule has 0 fully saturated rings. The monoisotopic (exact) mass is 112 g/mol. The van der Waals surface area contributed by atoms with Crippen molar-refractivity contribution >= 4 is 35.7 Å². The van der Waals surface area contributed by atoms with E-state index in [0.717, 1.165) is 0 Å². The summed E-state index contributed by atoms with van der Waals surface area (Å²) in [4.78, 5) is 8.56. The van der Waals surface area contributed by atoms with Gasteiger partial charge in [0.2, 0.25) is 0 Å². The maximum absolute atomic E-state index is 8.56. The Hall–Kier alpha value is -0.170. The molecule has 0 atom stereocenters. The van der Waals surface area contributed by atoms with Crippen molar-refractivity contribution in [2.24, 2.45) is 0 Å². The quantitative estimate of drug-likeness (QED) is 0.337. The third kappa shape index (κ3) is 2960. The van der Waals surface area contributed by atoms with E-state index >= 15 is 0 Å². The summed E-state index contributed by atoms with van der Waals surface area (Å²) in [6.45, 7) is 0. The number of carboxylic acid groups (broad SMARTS) is 2. The van der Waals surface area contributed by atoms with Crippen molar-refractivity contribution < 1.29 is 15.0 Å². The van der Waals surface area contributed by atoms with Crippen LogP contribution >= 0.6 is 0 Å². The van der Waals surface area contributed by atoms with Crippen LogP contribution in [-0.2, 0) is 0 Å². The molecule has 0 saturated carbocycles. The van der Waals surface area contributed by atoms with Gasteiger partial charge < -0.3 is 10.2 Å². The van der Waals surface area contributed by atoms with Crippen molar-refractivity contribution in [2.75, 3.05) is 0 Å². The van der Waals surface area contributed by atoms with E-state index in [-0.39, 0.29) is 29.6 Å². The molecule has 0 aliphatic heterocycles. The fraction of sp³-hybridized carbons (Fsp3) is 0. The number of carbonyl (C=O) groups is 1. The standard InChI is InChI=1S/C2H2.CH2O3.Na.H/c1-2;2-1(3)4;;/h1-2H;(H2,2,3,4);;. The maximum atomic E-state index is 8.56. The molecule has 4 heteroatoms. The number of hydrogen-bond donors (Lipinski definition) is 2. The predicted octanol–water partition coefficient (Wildman–Crippen LogP) is -0.177. The Kier molecular flexibility index (Phi) is 38.4. The first-order valence-corrected chi connectivity index (χ1v) is 0.985. The molecule has 0 aliphatic rings. The molecule has 0 aromatic rings. The van der Waals surface area contributed by atoms with Gasteiger partial charge in [0.25, 0.3) is 0 Å². The fourth-order valence-corrected chi connectivity index (χ4v) is 0. The van der Waals surface area contributed by atoms with Crippen LogP contribution in [0.4, 0.5) is 4.79 Å². The summed E-state index contributed by atoms with van der Waals surface area (Å²) in [6, 6.07) is 0. The molecular weight excluding hydrogens is 107 g/mol. The second-order valence-corrected chi connectivity index (χ2v) is 0.283. The molecule has 0 amide bonds. The molecule has 0 aromatic carbocycles. The molecule has 0 bridgehead atoms. The second-order valence-electron chi connectivity index (χ2n) is 0.283. The molecule has 0 rings (SSSR count). The van der Waals surface area contributed by atoms with E-state index in [1.807, 2.05) is 0 Å². The van der Waals surface area contributed by atoms with E-state index in [1.165, 1.54) is 0 Å². The summed E-state index contributed by atoms with van der Waals surface area (Å²) >= 11 is 0. The Morgan fingerprint density at radius 2 is 1.29 bits per heavy atom. The predicted molar refractivity (Wildman–Crippen MR) is 27.7 cm³/mol. The molecule has 0 aromatic heterocycles. The molecule has 3 nitrogen and oxygen atoms in total. The Bertz CT molecular complexity index is 54.4. The third-order valence-corrected chi connectivity index (χ3v) is 0. The summed E-state index contributed by atoms with van der Waals surface area (Å²) < 4.78 is 0. The first kappa shape index (κ1) is 15.8.